The number of alkyl halides is 2. The first-order chi connectivity index (χ1) is 6.61. The van der Waals surface area contributed by atoms with Crippen molar-refractivity contribution < 1.29 is 18.7 Å². The van der Waals surface area contributed by atoms with Gasteiger partial charge in [0.05, 0.1) is 6.04 Å². The van der Waals surface area contributed by atoms with E-state index in [-0.39, 0.29) is 12.5 Å². The highest BCUT2D eigenvalue weighted by molar-refractivity contribution is 5.65. The van der Waals surface area contributed by atoms with Gasteiger partial charge in [0.1, 0.15) is 0 Å². The summed E-state index contributed by atoms with van der Waals surface area (Å²) >= 11 is 0. The van der Waals surface area contributed by atoms with E-state index in [1.165, 1.54) is 6.20 Å². The number of nitrogens with zero attached hydrogens (tertiary/aromatic N) is 1. The van der Waals surface area contributed by atoms with Gasteiger partial charge in [0.2, 0.25) is 6.43 Å². The highest BCUT2D eigenvalue weighted by Crippen LogP contribution is 2.15. The molecule has 0 saturated carbocycles. The highest BCUT2D eigenvalue weighted by Gasteiger charge is 2.23. The largest absolute Gasteiger partial charge is 0.464 e. The highest BCUT2D eigenvalue weighted by atomic mass is 19.3. The van der Waals surface area contributed by atoms with Gasteiger partial charge in [-0.3, -0.25) is 0 Å². The van der Waals surface area contributed by atoms with Gasteiger partial charge in [-0.1, -0.05) is 0 Å². The van der Waals surface area contributed by atoms with Gasteiger partial charge in [-0.15, -0.1) is 0 Å². The monoisotopic (exact) mass is 206 g/mol. The van der Waals surface area contributed by atoms with E-state index in [0.29, 0.717) is 12.8 Å². The minimum absolute atomic E-state index is 0.183. The third-order valence-corrected chi connectivity index (χ3v) is 1.99. The van der Waals surface area contributed by atoms with E-state index < -0.39 is 12.5 Å². The summed E-state index contributed by atoms with van der Waals surface area (Å²) in [7, 11) is 0. The molecule has 80 valence electrons. The molecule has 1 aliphatic heterocycles. The van der Waals surface area contributed by atoms with Crippen LogP contribution in [0, 0.1) is 0 Å². The molecule has 0 aromatic carbocycles. The summed E-state index contributed by atoms with van der Waals surface area (Å²) in [5.41, 5.74) is 2.51. The van der Waals surface area contributed by atoms with Crippen LogP contribution < -0.4 is 5.43 Å². The number of amides is 1. The lowest BCUT2D eigenvalue weighted by Crippen LogP contribution is -2.41. The molecule has 1 atom stereocenters. The average molecular weight is 206 g/mol. The third-order valence-electron chi connectivity index (χ3n) is 1.99. The fourth-order valence-electron chi connectivity index (χ4n) is 1.32. The van der Waals surface area contributed by atoms with E-state index >= 15 is 0 Å². The summed E-state index contributed by atoms with van der Waals surface area (Å²) in [6.07, 6.45) is 0.292. The first-order valence-corrected chi connectivity index (χ1v) is 4.34. The molecule has 6 heteroatoms. The van der Waals surface area contributed by atoms with Crippen LogP contribution in [0.2, 0.25) is 0 Å². The quantitative estimate of drug-likeness (QED) is 0.737. The van der Waals surface area contributed by atoms with Gasteiger partial charge < -0.3 is 10.5 Å². The predicted octanol–water partition coefficient (Wildman–Crippen LogP) is 1.80. The maximum absolute atomic E-state index is 11.8. The molecule has 0 saturated heterocycles. The van der Waals surface area contributed by atoms with Crippen molar-refractivity contribution in [2.75, 3.05) is 0 Å². The molecule has 1 heterocycles. The molecule has 0 bridgehead atoms. The van der Waals surface area contributed by atoms with Crippen LogP contribution in [-0.2, 0) is 0 Å². The number of carbonyl (C=O) groups is 1. The molecule has 1 amide bonds. The Balaban J connectivity index is 2.29. The van der Waals surface area contributed by atoms with Gasteiger partial charge >= 0.3 is 6.09 Å². The maximum atomic E-state index is 11.8. The minimum Gasteiger partial charge on any atom is -0.464 e. The summed E-state index contributed by atoms with van der Waals surface area (Å²) in [5, 5.41) is 9.67. The molecule has 1 aliphatic rings. The van der Waals surface area contributed by atoms with Gasteiger partial charge in [-0.25, -0.2) is 18.6 Å². The van der Waals surface area contributed by atoms with Gasteiger partial charge in [-0.05, 0) is 18.9 Å². The molecular formula is C8H12F2N2O2. The molecule has 2 N–H and O–H groups in total. The zero-order chi connectivity index (χ0) is 10.6. The molecule has 1 rings (SSSR count). The number of rotatable bonds is 4. The van der Waals surface area contributed by atoms with E-state index in [1.54, 1.807) is 6.08 Å². The van der Waals surface area contributed by atoms with Crippen LogP contribution in [0.15, 0.2) is 12.3 Å². The first kappa shape index (κ1) is 10.7. The molecule has 0 fully saturated rings. The van der Waals surface area contributed by atoms with Crippen LogP contribution in [0.25, 0.3) is 0 Å². The van der Waals surface area contributed by atoms with E-state index in [0.717, 1.165) is 5.01 Å². The summed E-state index contributed by atoms with van der Waals surface area (Å²) in [6.45, 7) is 0. The Morgan fingerprint density at radius 2 is 2.36 bits per heavy atom. The smallest absolute Gasteiger partial charge is 0.426 e. The topological polar surface area (TPSA) is 52.6 Å². The standard InChI is InChI=1S/C8H12F2N2O2/c9-7(10)3-1-2-6-4-5-11-12(6)8(13)14/h4-7,11H,1-3H2,(H,13,14). The van der Waals surface area contributed by atoms with Crippen LogP contribution in [-0.4, -0.2) is 28.7 Å². The summed E-state index contributed by atoms with van der Waals surface area (Å²) in [5.74, 6) is 0. The lowest BCUT2D eigenvalue weighted by Gasteiger charge is -2.20. The van der Waals surface area contributed by atoms with Crippen LogP contribution >= 0.6 is 0 Å². The van der Waals surface area contributed by atoms with E-state index in [9.17, 15) is 13.6 Å². The number of hydrazine groups is 1. The molecule has 0 aromatic heterocycles. The summed E-state index contributed by atoms with van der Waals surface area (Å²) < 4.78 is 23.6. The van der Waals surface area contributed by atoms with Crippen LogP contribution in [0.3, 0.4) is 0 Å². The number of hydrogen-bond donors (Lipinski definition) is 2. The van der Waals surface area contributed by atoms with Crippen molar-refractivity contribution in [2.45, 2.75) is 31.7 Å². The summed E-state index contributed by atoms with van der Waals surface area (Å²) in [6, 6.07) is -0.328. The van der Waals surface area contributed by atoms with Crippen LogP contribution in [0.5, 0.6) is 0 Å². The molecule has 0 aromatic rings. The van der Waals surface area contributed by atoms with Crippen molar-refractivity contribution in [3.05, 3.63) is 12.3 Å². The van der Waals surface area contributed by atoms with Crippen molar-refractivity contribution in [3.8, 4) is 0 Å². The molecule has 14 heavy (non-hydrogen) atoms. The van der Waals surface area contributed by atoms with E-state index in [2.05, 4.69) is 5.43 Å². The second kappa shape index (κ2) is 4.78. The molecule has 0 radical (unpaired) electrons. The van der Waals surface area contributed by atoms with Gasteiger partial charge in [0, 0.05) is 12.6 Å². The number of nitrogens with one attached hydrogen (secondary N) is 1. The Morgan fingerprint density at radius 3 is 2.93 bits per heavy atom. The van der Waals surface area contributed by atoms with E-state index in [4.69, 9.17) is 5.11 Å². The van der Waals surface area contributed by atoms with Gasteiger partial charge in [0.15, 0.2) is 0 Å². The fourth-order valence-corrected chi connectivity index (χ4v) is 1.32. The zero-order valence-corrected chi connectivity index (χ0v) is 7.49. The van der Waals surface area contributed by atoms with E-state index in [1.807, 2.05) is 0 Å². The Bertz CT molecular complexity index is 233. The van der Waals surface area contributed by atoms with Crippen molar-refractivity contribution in [1.82, 2.24) is 10.4 Å². The average Bonchev–Trinajstić information content (AvgIpc) is 2.51. The molecule has 4 nitrogen and oxygen atoms in total. The Kier molecular flexibility index (Phi) is 3.67. The SMILES string of the molecule is O=C(O)N1NC=CC1CCCC(F)F. The number of halogens is 2. The maximum Gasteiger partial charge on any atom is 0.426 e. The normalized spacial score (nSPS) is 20.2. The predicted molar refractivity (Wildman–Crippen MR) is 45.8 cm³/mol. The Hall–Kier alpha value is -1.33. The first-order valence-electron chi connectivity index (χ1n) is 4.34. The van der Waals surface area contributed by atoms with Crippen molar-refractivity contribution in [2.24, 2.45) is 0 Å². The Morgan fingerprint density at radius 1 is 1.64 bits per heavy atom. The third kappa shape index (κ3) is 2.86. The molecular weight excluding hydrogens is 194 g/mol. The summed E-state index contributed by atoms with van der Waals surface area (Å²) in [4.78, 5) is 10.6. The minimum atomic E-state index is -2.31. The van der Waals surface area contributed by atoms with Crippen LogP contribution in [0.1, 0.15) is 19.3 Å². The van der Waals surface area contributed by atoms with Crippen molar-refractivity contribution >= 4 is 6.09 Å². The van der Waals surface area contributed by atoms with Crippen molar-refractivity contribution in [1.29, 1.82) is 0 Å². The Labute approximate surface area is 80.2 Å². The zero-order valence-electron chi connectivity index (χ0n) is 7.49. The van der Waals surface area contributed by atoms with Gasteiger partial charge in [-0.2, -0.15) is 0 Å². The lowest BCUT2D eigenvalue weighted by atomic mass is 10.1. The van der Waals surface area contributed by atoms with Gasteiger partial charge in [0.25, 0.3) is 0 Å². The number of carboxylic acid groups (broad SMARTS) is 1. The molecule has 0 spiro atoms. The fraction of sp³-hybridized carbons (Fsp3) is 0.625. The van der Waals surface area contributed by atoms with Crippen molar-refractivity contribution in [3.63, 3.8) is 0 Å². The number of hydrogen-bond acceptors (Lipinski definition) is 2. The second-order valence-corrected chi connectivity index (χ2v) is 3.03. The van der Waals surface area contributed by atoms with Crippen LogP contribution in [0.4, 0.5) is 13.6 Å². The lowest BCUT2D eigenvalue weighted by molar-refractivity contribution is 0.113. The second-order valence-electron chi connectivity index (χ2n) is 3.03. The molecule has 0 aliphatic carbocycles. The molecule has 1 unspecified atom stereocenters.